The molecule has 28 heavy (non-hydrogen) atoms. The van der Waals surface area contributed by atoms with Crippen LogP contribution in [-0.2, 0) is 45.0 Å². The highest BCUT2D eigenvalue weighted by atomic mass is 16.5. The topological polar surface area (TPSA) is 71.1 Å². The maximum Gasteiger partial charge on any atom is 0.339 e. The predicted molar refractivity (Wildman–Crippen MR) is 102 cm³/mol. The summed E-state index contributed by atoms with van der Waals surface area (Å²) in [5.41, 5.74) is 4.04. The van der Waals surface area contributed by atoms with E-state index in [9.17, 15) is 9.59 Å². The van der Waals surface area contributed by atoms with Crippen molar-refractivity contribution in [1.82, 2.24) is 0 Å². The lowest BCUT2D eigenvalue weighted by atomic mass is 9.92. The van der Waals surface area contributed by atoms with Gasteiger partial charge in [-0.05, 0) is 35.1 Å². The standard InChI is InChI=1S/C22H24O6/c1-25-21(23)19-15-7-8-16(20(19)22(24)26-2)10-12-28-14-18-6-4-3-5-17(18)13-27-11-9-15/h3-8H,9-14H2,1-2H3. The van der Waals surface area contributed by atoms with Crippen LogP contribution in [0.15, 0.2) is 36.4 Å². The van der Waals surface area contributed by atoms with Crippen molar-refractivity contribution in [2.75, 3.05) is 27.4 Å². The van der Waals surface area contributed by atoms with Gasteiger partial charge in [-0.3, -0.25) is 0 Å². The van der Waals surface area contributed by atoms with Gasteiger partial charge in [-0.2, -0.15) is 0 Å². The maximum atomic E-state index is 12.5. The Morgan fingerprint density at radius 2 is 1.14 bits per heavy atom. The van der Waals surface area contributed by atoms with Crippen molar-refractivity contribution in [3.05, 3.63) is 69.8 Å². The smallest absolute Gasteiger partial charge is 0.339 e. The number of hydrogen-bond acceptors (Lipinski definition) is 6. The molecular weight excluding hydrogens is 360 g/mol. The Bertz CT molecular complexity index is 788. The lowest BCUT2D eigenvalue weighted by molar-refractivity contribution is 0.0550. The summed E-state index contributed by atoms with van der Waals surface area (Å²) in [5.74, 6) is -1.12. The van der Waals surface area contributed by atoms with E-state index in [1.54, 1.807) is 0 Å². The molecule has 2 aliphatic rings. The summed E-state index contributed by atoms with van der Waals surface area (Å²) < 4.78 is 21.5. The molecule has 4 rings (SSSR count). The molecule has 0 N–H and O–H groups in total. The van der Waals surface area contributed by atoms with E-state index in [-0.39, 0.29) is 11.1 Å². The number of carbonyl (C=O) groups excluding carboxylic acids is 2. The van der Waals surface area contributed by atoms with Gasteiger partial charge in [0.1, 0.15) is 0 Å². The van der Waals surface area contributed by atoms with E-state index in [1.807, 2.05) is 36.4 Å². The molecule has 6 nitrogen and oxygen atoms in total. The Balaban J connectivity index is 1.98. The first-order valence-corrected chi connectivity index (χ1v) is 9.19. The quantitative estimate of drug-likeness (QED) is 0.741. The Morgan fingerprint density at radius 3 is 1.54 bits per heavy atom. The van der Waals surface area contributed by atoms with Crippen molar-refractivity contribution in [1.29, 1.82) is 0 Å². The van der Waals surface area contributed by atoms with Crippen LogP contribution in [0.1, 0.15) is 43.0 Å². The van der Waals surface area contributed by atoms with Crippen LogP contribution in [0.5, 0.6) is 0 Å². The summed E-state index contributed by atoms with van der Waals surface area (Å²) in [4.78, 5) is 24.9. The normalized spacial score (nSPS) is 14.6. The van der Waals surface area contributed by atoms with Gasteiger partial charge in [-0.25, -0.2) is 9.59 Å². The molecule has 0 amide bonds. The molecule has 0 aromatic heterocycles. The minimum absolute atomic E-state index is 0.243. The van der Waals surface area contributed by atoms with Crippen molar-refractivity contribution < 1.29 is 28.5 Å². The van der Waals surface area contributed by atoms with Gasteiger partial charge < -0.3 is 18.9 Å². The minimum Gasteiger partial charge on any atom is -0.465 e. The van der Waals surface area contributed by atoms with E-state index in [1.165, 1.54) is 14.2 Å². The van der Waals surface area contributed by atoms with E-state index >= 15 is 0 Å². The number of rotatable bonds is 2. The van der Waals surface area contributed by atoms with E-state index in [0.29, 0.717) is 50.4 Å². The SMILES string of the molecule is COC(=O)c1c2ccc(c1C(=O)OC)CCOCc1ccccc1COCC2. The average molecular weight is 384 g/mol. The third-order valence-electron chi connectivity index (χ3n) is 4.82. The number of fused-ring (bicyclic) bond motifs is 8. The number of carbonyl (C=O) groups is 2. The van der Waals surface area contributed by atoms with Crippen molar-refractivity contribution in [2.24, 2.45) is 0 Å². The van der Waals surface area contributed by atoms with Crippen LogP contribution in [0.25, 0.3) is 0 Å². The van der Waals surface area contributed by atoms with Gasteiger partial charge in [0.2, 0.25) is 0 Å². The lowest BCUT2D eigenvalue weighted by Gasteiger charge is -2.18. The van der Waals surface area contributed by atoms with Crippen LogP contribution < -0.4 is 0 Å². The average Bonchev–Trinajstić information content (AvgIpc) is 2.73. The van der Waals surface area contributed by atoms with Gasteiger partial charge in [0.15, 0.2) is 0 Å². The van der Waals surface area contributed by atoms with E-state index in [0.717, 1.165) is 11.1 Å². The molecule has 0 saturated heterocycles. The molecule has 2 bridgehead atoms. The largest absolute Gasteiger partial charge is 0.465 e. The molecule has 2 aromatic carbocycles. The van der Waals surface area contributed by atoms with Crippen LogP contribution >= 0.6 is 0 Å². The van der Waals surface area contributed by atoms with Crippen LogP contribution in [-0.4, -0.2) is 39.4 Å². The second kappa shape index (κ2) is 9.48. The summed E-state index contributed by atoms with van der Waals surface area (Å²) in [5, 5.41) is 0. The molecular formula is C22H24O6. The molecule has 0 spiro atoms. The molecule has 0 radical (unpaired) electrons. The molecule has 6 heteroatoms. The van der Waals surface area contributed by atoms with Crippen molar-refractivity contribution in [3.8, 4) is 0 Å². The fourth-order valence-corrected chi connectivity index (χ4v) is 3.34. The van der Waals surface area contributed by atoms with Crippen molar-refractivity contribution in [2.45, 2.75) is 26.1 Å². The summed E-state index contributed by atoms with van der Waals surface area (Å²) >= 11 is 0. The van der Waals surface area contributed by atoms with E-state index < -0.39 is 11.9 Å². The van der Waals surface area contributed by atoms with Gasteiger partial charge >= 0.3 is 11.9 Å². The highest BCUT2D eigenvalue weighted by Gasteiger charge is 2.25. The fraction of sp³-hybridized carbons (Fsp3) is 0.364. The molecule has 0 unspecified atom stereocenters. The van der Waals surface area contributed by atoms with E-state index in [4.69, 9.17) is 18.9 Å². The van der Waals surface area contributed by atoms with Gasteiger partial charge in [-0.15, -0.1) is 0 Å². The molecule has 2 aromatic rings. The molecule has 0 aliphatic carbocycles. The van der Waals surface area contributed by atoms with E-state index in [2.05, 4.69) is 0 Å². The first-order chi connectivity index (χ1) is 13.7. The summed E-state index contributed by atoms with van der Waals surface area (Å²) in [7, 11) is 2.60. The van der Waals surface area contributed by atoms with Crippen LogP contribution in [0.3, 0.4) is 0 Å². The predicted octanol–water partition coefficient (Wildman–Crippen LogP) is 3.09. The van der Waals surface area contributed by atoms with Crippen molar-refractivity contribution in [3.63, 3.8) is 0 Å². The monoisotopic (exact) mass is 384 g/mol. The third kappa shape index (κ3) is 4.40. The fourth-order valence-electron chi connectivity index (χ4n) is 3.34. The summed E-state index contributed by atoms with van der Waals surface area (Å²) in [6.45, 7) is 1.71. The van der Waals surface area contributed by atoms with Crippen molar-refractivity contribution >= 4 is 11.9 Å². The van der Waals surface area contributed by atoms with Gasteiger partial charge in [0.25, 0.3) is 0 Å². The van der Waals surface area contributed by atoms with Gasteiger partial charge in [0, 0.05) is 0 Å². The van der Waals surface area contributed by atoms with Crippen LogP contribution in [0, 0.1) is 0 Å². The van der Waals surface area contributed by atoms with Crippen LogP contribution in [0.4, 0.5) is 0 Å². The lowest BCUT2D eigenvalue weighted by Crippen LogP contribution is -2.19. The second-order valence-corrected chi connectivity index (χ2v) is 6.49. The summed E-state index contributed by atoms with van der Waals surface area (Å²) in [6, 6.07) is 11.7. The number of hydrogen-bond donors (Lipinski definition) is 0. The molecule has 148 valence electrons. The summed E-state index contributed by atoms with van der Waals surface area (Å²) in [6.07, 6.45) is 0.959. The molecule has 0 fully saturated rings. The molecule has 0 atom stereocenters. The molecule has 2 aliphatic heterocycles. The highest BCUT2D eigenvalue weighted by Crippen LogP contribution is 2.24. The Hall–Kier alpha value is -2.70. The minimum atomic E-state index is -0.560. The second-order valence-electron chi connectivity index (χ2n) is 6.49. The Kier molecular flexibility index (Phi) is 6.79. The first-order valence-electron chi connectivity index (χ1n) is 9.19. The highest BCUT2D eigenvalue weighted by molar-refractivity contribution is 6.05. The van der Waals surface area contributed by atoms with Gasteiger partial charge in [0.05, 0.1) is 51.8 Å². The number of methoxy groups -OCH3 is 2. The Labute approximate surface area is 164 Å². The number of benzene rings is 2. The van der Waals surface area contributed by atoms with Gasteiger partial charge in [-0.1, -0.05) is 36.4 Å². The van der Waals surface area contributed by atoms with Crippen LogP contribution in [0.2, 0.25) is 0 Å². The zero-order valence-electron chi connectivity index (χ0n) is 16.2. The number of ether oxygens (including phenoxy) is 4. The first kappa shape index (κ1) is 20.0. The third-order valence-corrected chi connectivity index (χ3v) is 4.82. The number of esters is 2. The zero-order valence-corrected chi connectivity index (χ0v) is 16.2. The molecule has 2 heterocycles. The molecule has 0 saturated carbocycles. The maximum absolute atomic E-state index is 12.5. The Morgan fingerprint density at radius 1 is 0.714 bits per heavy atom. The zero-order chi connectivity index (χ0) is 19.9.